The number of aryl methyl sites for hydroxylation is 2. The van der Waals surface area contributed by atoms with Gasteiger partial charge in [0, 0.05) is 26.6 Å². The second kappa shape index (κ2) is 8.12. The SMILES string of the molecule is C=CCN(CCNS(=O)(=O)c1cc(C)c(OC)cc1C)C(C)=O. The van der Waals surface area contributed by atoms with Crippen LogP contribution in [0, 0.1) is 13.8 Å². The van der Waals surface area contributed by atoms with Crippen LogP contribution in [0.1, 0.15) is 18.1 Å². The van der Waals surface area contributed by atoms with Crippen LogP contribution < -0.4 is 9.46 Å². The first kappa shape index (κ1) is 19.2. The Hall–Kier alpha value is -1.86. The van der Waals surface area contributed by atoms with Crippen LogP contribution in [-0.2, 0) is 14.8 Å². The predicted octanol–water partition coefficient (Wildman–Crippen LogP) is 1.62. The Kier molecular flexibility index (Phi) is 6.78. The van der Waals surface area contributed by atoms with Crippen molar-refractivity contribution in [2.45, 2.75) is 25.7 Å². The summed E-state index contributed by atoms with van der Waals surface area (Å²) >= 11 is 0. The van der Waals surface area contributed by atoms with Crippen molar-refractivity contribution in [2.24, 2.45) is 0 Å². The molecule has 23 heavy (non-hydrogen) atoms. The third-order valence-electron chi connectivity index (χ3n) is 3.45. The first-order valence-corrected chi connectivity index (χ1v) is 8.72. The lowest BCUT2D eigenvalue weighted by Gasteiger charge is -2.19. The van der Waals surface area contributed by atoms with Gasteiger partial charge in [-0.3, -0.25) is 4.79 Å². The summed E-state index contributed by atoms with van der Waals surface area (Å²) in [6.07, 6.45) is 1.60. The number of amides is 1. The third kappa shape index (κ3) is 5.07. The normalized spacial score (nSPS) is 11.1. The molecule has 0 unspecified atom stereocenters. The highest BCUT2D eigenvalue weighted by atomic mass is 32.2. The maximum Gasteiger partial charge on any atom is 0.240 e. The molecular formula is C16H24N2O4S. The maximum atomic E-state index is 12.4. The lowest BCUT2D eigenvalue weighted by molar-refractivity contribution is -0.128. The van der Waals surface area contributed by atoms with E-state index < -0.39 is 10.0 Å². The smallest absolute Gasteiger partial charge is 0.240 e. The number of methoxy groups -OCH3 is 1. The number of nitrogens with one attached hydrogen (secondary N) is 1. The molecule has 128 valence electrons. The summed E-state index contributed by atoms with van der Waals surface area (Å²) in [5.41, 5.74) is 1.35. The largest absolute Gasteiger partial charge is 0.496 e. The predicted molar refractivity (Wildman–Crippen MR) is 90.1 cm³/mol. The highest BCUT2D eigenvalue weighted by Gasteiger charge is 2.19. The van der Waals surface area contributed by atoms with Crippen molar-refractivity contribution >= 4 is 15.9 Å². The minimum atomic E-state index is -3.64. The van der Waals surface area contributed by atoms with Gasteiger partial charge in [0.25, 0.3) is 0 Å². The highest BCUT2D eigenvalue weighted by Crippen LogP contribution is 2.25. The Bertz CT molecular complexity index is 684. The van der Waals surface area contributed by atoms with Gasteiger partial charge in [0.1, 0.15) is 5.75 Å². The number of carbonyl (C=O) groups excluding carboxylic acids is 1. The molecular weight excluding hydrogens is 316 g/mol. The van der Waals surface area contributed by atoms with Crippen LogP contribution in [0.4, 0.5) is 0 Å². The molecule has 0 saturated carbocycles. The van der Waals surface area contributed by atoms with Crippen molar-refractivity contribution in [2.75, 3.05) is 26.7 Å². The van der Waals surface area contributed by atoms with Gasteiger partial charge in [-0.05, 0) is 37.1 Å². The molecule has 0 aliphatic rings. The number of sulfonamides is 1. The zero-order valence-corrected chi connectivity index (χ0v) is 14.9. The molecule has 0 bridgehead atoms. The van der Waals surface area contributed by atoms with Gasteiger partial charge < -0.3 is 9.64 Å². The Morgan fingerprint density at radius 3 is 2.52 bits per heavy atom. The van der Waals surface area contributed by atoms with E-state index >= 15 is 0 Å². The molecule has 0 aliphatic heterocycles. The molecule has 0 spiro atoms. The fourth-order valence-electron chi connectivity index (χ4n) is 2.20. The molecule has 0 aromatic heterocycles. The first-order valence-electron chi connectivity index (χ1n) is 7.24. The van der Waals surface area contributed by atoms with E-state index in [2.05, 4.69) is 11.3 Å². The number of hydrogen-bond acceptors (Lipinski definition) is 4. The van der Waals surface area contributed by atoms with E-state index in [4.69, 9.17) is 4.74 Å². The fourth-order valence-corrected chi connectivity index (χ4v) is 3.53. The molecule has 7 heteroatoms. The van der Waals surface area contributed by atoms with Crippen molar-refractivity contribution in [3.05, 3.63) is 35.9 Å². The highest BCUT2D eigenvalue weighted by molar-refractivity contribution is 7.89. The number of rotatable bonds is 8. The van der Waals surface area contributed by atoms with Gasteiger partial charge in [-0.15, -0.1) is 6.58 Å². The van der Waals surface area contributed by atoms with Gasteiger partial charge in [0.15, 0.2) is 0 Å². The second-order valence-corrected chi connectivity index (χ2v) is 6.97. The number of carbonyl (C=O) groups is 1. The topological polar surface area (TPSA) is 75.7 Å². The van der Waals surface area contributed by atoms with Crippen LogP contribution in [-0.4, -0.2) is 46.0 Å². The molecule has 1 N–H and O–H groups in total. The summed E-state index contributed by atoms with van der Waals surface area (Å²) in [4.78, 5) is 13.1. The molecule has 1 aromatic carbocycles. The zero-order chi connectivity index (χ0) is 17.6. The van der Waals surface area contributed by atoms with Crippen molar-refractivity contribution < 1.29 is 17.9 Å². The van der Waals surface area contributed by atoms with Gasteiger partial charge in [0.05, 0.1) is 12.0 Å². The minimum Gasteiger partial charge on any atom is -0.496 e. The molecule has 1 rings (SSSR count). The Balaban J connectivity index is 2.86. The standard InChI is InChI=1S/C16H24N2O4S/c1-6-8-18(14(4)19)9-7-17-23(20,21)16-11-12(2)15(22-5)10-13(16)3/h6,10-11,17H,1,7-9H2,2-5H3. The number of hydrogen-bond donors (Lipinski definition) is 1. The van der Waals surface area contributed by atoms with Crippen LogP contribution in [0.3, 0.4) is 0 Å². The molecule has 0 heterocycles. The van der Waals surface area contributed by atoms with Gasteiger partial charge in [-0.2, -0.15) is 0 Å². The third-order valence-corrected chi connectivity index (χ3v) is 5.05. The maximum absolute atomic E-state index is 12.4. The summed E-state index contributed by atoms with van der Waals surface area (Å²) in [6.45, 7) is 9.34. The number of nitrogens with zero attached hydrogens (tertiary/aromatic N) is 1. The molecule has 0 saturated heterocycles. The molecule has 0 aliphatic carbocycles. The van der Waals surface area contributed by atoms with E-state index in [0.717, 1.165) is 5.56 Å². The molecule has 0 fully saturated rings. The van der Waals surface area contributed by atoms with E-state index in [-0.39, 0.29) is 23.9 Å². The minimum absolute atomic E-state index is 0.124. The van der Waals surface area contributed by atoms with E-state index in [0.29, 0.717) is 17.9 Å². The number of benzene rings is 1. The number of ether oxygens (including phenoxy) is 1. The van der Waals surface area contributed by atoms with Gasteiger partial charge >= 0.3 is 0 Å². The zero-order valence-electron chi connectivity index (χ0n) is 14.0. The van der Waals surface area contributed by atoms with Crippen LogP contribution in [0.15, 0.2) is 29.7 Å². The molecule has 0 radical (unpaired) electrons. The summed E-state index contributed by atoms with van der Waals surface area (Å²) in [5, 5.41) is 0. The quantitative estimate of drug-likeness (QED) is 0.730. The van der Waals surface area contributed by atoms with Crippen molar-refractivity contribution in [1.29, 1.82) is 0 Å². The fraction of sp³-hybridized carbons (Fsp3) is 0.438. The van der Waals surface area contributed by atoms with Crippen LogP contribution in [0.2, 0.25) is 0 Å². The first-order chi connectivity index (χ1) is 10.7. The summed E-state index contributed by atoms with van der Waals surface area (Å²) < 4.78 is 32.6. The average Bonchev–Trinajstić information content (AvgIpc) is 2.47. The van der Waals surface area contributed by atoms with Crippen molar-refractivity contribution in [3.8, 4) is 5.75 Å². The van der Waals surface area contributed by atoms with E-state index in [1.54, 1.807) is 39.2 Å². The molecule has 1 aromatic rings. The molecule has 0 atom stereocenters. The van der Waals surface area contributed by atoms with Gasteiger partial charge in [-0.25, -0.2) is 13.1 Å². The van der Waals surface area contributed by atoms with Crippen LogP contribution in [0.5, 0.6) is 5.75 Å². The summed E-state index contributed by atoms with van der Waals surface area (Å²) in [5.74, 6) is 0.524. The molecule has 6 nitrogen and oxygen atoms in total. The Morgan fingerprint density at radius 1 is 1.35 bits per heavy atom. The monoisotopic (exact) mass is 340 g/mol. The van der Waals surface area contributed by atoms with E-state index in [1.165, 1.54) is 11.8 Å². The van der Waals surface area contributed by atoms with Crippen LogP contribution >= 0.6 is 0 Å². The van der Waals surface area contributed by atoms with E-state index in [9.17, 15) is 13.2 Å². The summed E-state index contributed by atoms with van der Waals surface area (Å²) in [7, 11) is -2.10. The Labute approximate surface area is 138 Å². The van der Waals surface area contributed by atoms with Crippen LogP contribution in [0.25, 0.3) is 0 Å². The van der Waals surface area contributed by atoms with Crippen molar-refractivity contribution in [1.82, 2.24) is 9.62 Å². The average molecular weight is 340 g/mol. The van der Waals surface area contributed by atoms with E-state index in [1.807, 2.05) is 0 Å². The van der Waals surface area contributed by atoms with Gasteiger partial charge in [0.2, 0.25) is 15.9 Å². The Morgan fingerprint density at radius 2 is 2.00 bits per heavy atom. The lowest BCUT2D eigenvalue weighted by atomic mass is 10.1. The molecule has 1 amide bonds. The van der Waals surface area contributed by atoms with Gasteiger partial charge in [-0.1, -0.05) is 6.08 Å². The lowest BCUT2D eigenvalue weighted by Crippen LogP contribution is -2.37. The second-order valence-electron chi connectivity index (χ2n) is 5.24. The summed E-state index contributed by atoms with van der Waals surface area (Å²) in [6, 6.07) is 3.28. The van der Waals surface area contributed by atoms with Crippen molar-refractivity contribution in [3.63, 3.8) is 0 Å².